The van der Waals surface area contributed by atoms with Gasteiger partial charge in [-0.15, -0.1) is 0 Å². The van der Waals surface area contributed by atoms with Gasteiger partial charge in [-0.05, 0) is 79.1 Å². The first-order valence-corrected chi connectivity index (χ1v) is 14.2. The van der Waals surface area contributed by atoms with E-state index in [4.69, 9.17) is 4.74 Å². The van der Waals surface area contributed by atoms with Crippen molar-refractivity contribution >= 4 is 38.1 Å². The Hall–Kier alpha value is -3.84. The number of carbonyl (C=O) groups excluding carboxylic acids is 1. The number of anilines is 2. The molecule has 0 aliphatic heterocycles. The lowest BCUT2D eigenvalue weighted by Crippen LogP contribution is -2.29. The van der Waals surface area contributed by atoms with Crippen molar-refractivity contribution in [2.24, 2.45) is 0 Å². The number of aryl methyl sites for hydroxylation is 2. The number of ether oxygens (including phenoxy) is 1. The van der Waals surface area contributed by atoms with E-state index in [-0.39, 0.29) is 18.6 Å². The van der Waals surface area contributed by atoms with Crippen molar-refractivity contribution in [3.8, 4) is 5.75 Å². The summed E-state index contributed by atoms with van der Waals surface area (Å²) in [4.78, 5) is 13.1. The molecule has 1 aliphatic carbocycles. The number of amides is 1. The quantitative estimate of drug-likeness (QED) is 0.316. The van der Waals surface area contributed by atoms with Gasteiger partial charge in [-0.3, -0.25) is 9.10 Å². The molecule has 37 heavy (non-hydrogen) atoms. The van der Waals surface area contributed by atoms with E-state index >= 15 is 0 Å². The number of sulfonamides is 1. The van der Waals surface area contributed by atoms with Gasteiger partial charge in [-0.25, -0.2) is 8.42 Å². The zero-order valence-electron chi connectivity index (χ0n) is 21.2. The molecule has 6 nitrogen and oxygen atoms in total. The van der Waals surface area contributed by atoms with Crippen molar-refractivity contribution in [3.05, 3.63) is 101 Å². The van der Waals surface area contributed by atoms with Gasteiger partial charge in [0.05, 0.1) is 24.6 Å². The second kappa shape index (κ2) is 9.90. The van der Waals surface area contributed by atoms with Crippen LogP contribution in [0.5, 0.6) is 5.75 Å². The molecule has 0 aromatic heterocycles. The Bertz CT molecular complexity index is 1570. The highest BCUT2D eigenvalue weighted by Crippen LogP contribution is 2.35. The van der Waals surface area contributed by atoms with Gasteiger partial charge in [0.2, 0.25) is 10.0 Å². The van der Waals surface area contributed by atoms with E-state index in [1.165, 1.54) is 27.1 Å². The molecule has 0 fully saturated rings. The molecule has 0 unspecified atom stereocenters. The van der Waals surface area contributed by atoms with Crippen LogP contribution in [0, 0.1) is 0 Å². The van der Waals surface area contributed by atoms with Crippen molar-refractivity contribution in [1.29, 1.82) is 0 Å². The highest BCUT2D eigenvalue weighted by atomic mass is 32.2. The van der Waals surface area contributed by atoms with Crippen LogP contribution in [0.3, 0.4) is 0 Å². The average molecular weight is 515 g/mol. The molecule has 5 rings (SSSR count). The Morgan fingerprint density at radius 1 is 0.946 bits per heavy atom. The first kappa shape index (κ1) is 24.8. The molecule has 0 spiro atoms. The molecular weight excluding hydrogens is 484 g/mol. The van der Waals surface area contributed by atoms with E-state index in [9.17, 15) is 13.2 Å². The number of hydrogen-bond donors (Lipinski definition) is 1. The van der Waals surface area contributed by atoms with Crippen molar-refractivity contribution in [2.45, 2.75) is 39.3 Å². The van der Waals surface area contributed by atoms with Gasteiger partial charge >= 0.3 is 0 Å². The second-order valence-electron chi connectivity index (χ2n) is 9.70. The van der Waals surface area contributed by atoms with Gasteiger partial charge in [0.15, 0.2) is 0 Å². The first-order chi connectivity index (χ1) is 17.7. The van der Waals surface area contributed by atoms with E-state index in [1.807, 2.05) is 32.0 Å². The van der Waals surface area contributed by atoms with Crippen molar-refractivity contribution in [3.63, 3.8) is 0 Å². The monoisotopic (exact) mass is 514 g/mol. The fourth-order valence-corrected chi connectivity index (χ4v) is 5.74. The Morgan fingerprint density at radius 3 is 2.35 bits per heavy atom. The zero-order valence-corrected chi connectivity index (χ0v) is 22.0. The smallest absolute Gasteiger partial charge is 0.255 e. The van der Waals surface area contributed by atoms with Crippen LogP contribution in [0.4, 0.5) is 11.4 Å². The number of rotatable bonds is 8. The molecule has 0 heterocycles. The van der Waals surface area contributed by atoms with Gasteiger partial charge in [0, 0.05) is 22.7 Å². The molecule has 1 N–H and O–H groups in total. The van der Waals surface area contributed by atoms with Crippen molar-refractivity contribution in [1.82, 2.24) is 0 Å². The largest absolute Gasteiger partial charge is 0.491 e. The molecule has 0 radical (unpaired) electrons. The fourth-order valence-electron chi connectivity index (χ4n) is 4.86. The van der Waals surface area contributed by atoms with Gasteiger partial charge in [-0.1, -0.05) is 42.5 Å². The molecule has 0 saturated carbocycles. The van der Waals surface area contributed by atoms with Crippen molar-refractivity contribution < 1.29 is 17.9 Å². The summed E-state index contributed by atoms with van der Waals surface area (Å²) in [5, 5.41) is 5.37. The number of nitrogens with one attached hydrogen (secondary N) is 1. The van der Waals surface area contributed by atoms with Gasteiger partial charge < -0.3 is 10.1 Å². The van der Waals surface area contributed by atoms with E-state index in [2.05, 4.69) is 17.4 Å². The van der Waals surface area contributed by atoms with Crippen LogP contribution in [0.15, 0.2) is 78.9 Å². The number of benzene rings is 4. The third-order valence-corrected chi connectivity index (χ3v) is 7.69. The maximum absolute atomic E-state index is 13.1. The summed E-state index contributed by atoms with van der Waals surface area (Å²) >= 11 is 0. The third-order valence-electron chi connectivity index (χ3n) is 6.55. The lowest BCUT2D eigenvalue weighted by Gasteiger charge is -2.23. The average Bonchev–Trinajstić information content (AvgIpc) is 3.28. The van der Waals surface area contributed by atoms with Crippen LogP contribution in [0.25, 0.3) is 10.8 Å². The Labute approximate surface area is 217 Å². The van der Waals surface area contributed by atoms with E-state index in [1.54, 1.807) is 48.5 Å². The molecule has 4 aromatic carbocycles. The summed E-state index contributed by atoms with van der Waals surface area (Å²) in [5.41, 5.74) is 5.24. The number of carbonyl (C=O) groups is 1. The topological polar surface area (TPSA) is 75.7 Å². The summed E-state index contributed by atoms with van der Waals surface area (Å²) in [6.07, 6.45) is 3.23. The maximum atomic E-state index is 13.1. The van der Waals surface area contributed by atoms with E-state index < -0.39 is 10.0 Å². The summed E-state index contributed by atoms with van der Waals surface area (Å²) in [7, 11) is -3.55. The summed E-state index contributed by atoms with van der Waals surface area (Å²) in [5.74, 6) is 0.403. The predicted octanol–water partition coefficient (Wildman–Crippen LogP) is 5.94. The van der Waals surface area contributed by atoms with E-state index in [0.717, 1.165) is 29.5 Å². The molecule has 0 bridgehead atoms. The molecule has 190 valence electrons. The van der Waals surface area contributed by atoms with Gasteiger partial charge in [0.25, 0.3) is 5.91 Å². The van der Waals surface area contributed by atoms with Crippen LogP contribution >= 0.6 is 0 Å². The molecule has 7 heteroatoms. The fraction of sp³-hybridized carbons (Fsp3) is 0.233. The van der Waals surface area contributed by atoms with Crippen LogP contribution in [0.1, 0.15) is 40.9 Å². The third kappa shape index (κ3) is 5.32. The molecule has 0 atom stereocenters. The minimum atomic E-state index is -3.55. The molecule has 4 aromatic rings. The normalized spacial score (nSPS) is 12.6. The Balaban J connectivity index is 1.34. The summed E-state index contributed by atoms with van der Waals surface area (Å²) < 4.78 is 32.3. The summed E-state index contributed by atoms with van der Waals surface area (Å²) in [6.45, 7) is 3.98. The Kier molecular flexibility index (Phi) is 6.65. The van der Waals surface area contributed by atoms with Crippen molar-refractivity contribution in [2.75, 3.05) is 15.9 Å². The minimum absolute atomic E-state index is 0.0223. The van der Waals surface area contributed by atoms with Crippen LogP contribution < -0.4 is 14.4 Å². The molecule has 1 amide bonds. The molecule has 0 saturated heterocycles. The van der Waals surface area contributed by atoms with Crippen LogP contribution in [-0.4, -0.2) is 26.7 Å². The predicted molar refractivity (Wildman–Crippen MR) is 149 cm³/mol. The van der Waals surface area contributed by atoms with Gasteiger partial charge in [-0.2, -0.15) is 0 Å². The highest BCUT2D eigenvalue weighted by molar-refractivity contribution is 7.92. The maximum Gasteiger partial charge on any atom is 0.255 e. The first-order valence-electron chi connectivity index (χ1n) is 12.4. The highest BCUT2D eigenvalue weighted by Gasteiger charge is 2.20. The summed E-state index contributed by atoms with van der Waals surface area (Å²) in [6, 6.07) is 24.4. The van der Waals surface area contributed by atoms with Crippen LogP contribution in [0.2, 0.25) is 0 Å². The lowest BCUT2D eigenvalue weighted by molar-refractivity contribution is 0.102. The van der Waals surface area contributed by atoms with Gasteiger partial charge in [0.1, 0.15) is 5.75 Å². The number of hydrogen-bond acceptors (Lipinski definition) is 4. The van der Waals surface area contributed by atoms with E-state index in [0.29, 0.717) is 17.0 Å². The van der Waals surface area contributed by atoms with Crippen LogP contribution in [-0.2, 0) is 29.4 Å². The molecular formula is C30H30N2O4S. The number of nitrogens with zero attached hydrogens (tertiary/aromatic N) is 1. The SMILES string of the molecule is CC(C)Oc1cccc(N(Cc2ccc(C(=O)Nc3ccc4c5c(cccc35)CC4)cc2)S(C)(=O)=O)c1. The lowest BCUT2D eigenvalue weighted by atomic mass is 10.0. The minimum Gasteiger partial charge on any atom is -0.491 e. The Morgan fingerprint density at radius 2 is 1.65 bits per heavy atom. The second-order valence-corrected chi connectivity index (χ2v) is 11.6. The zero-order chi connectivity index (χ0) is 26.2. The molecule has 1 aliphatic rings. The standard InChI is InChI=1S/C30H30N2O4S/c1-20(2)36-26-8-5-7-25(18-26)32(37(3,34)35)19-21-10-12-24(13-11-21)30(33)31-28-17-16-23-15-14-22-6-4-9-27(28)29(22)23/h4-13,16-18,20H,14-15,19H2,1-3H3,(H,31,33).